The Balaban J connectivity index is 2.50. The van der Waals surface area contributed by atoms with Crippen LogP contribution in [0.4, 0.5) is 5.69 Å². The minimum atomic E-state index is -0.125. The van der Waals surface area contributed by atoms with Gasteiger partial charge in [0.2, 0.25) is 5.91 Å². The standard InChI is InChI=1S/C11H13BrClNO2S/c1-7(5-15)17-6-11(16)14-10-3-2-8(12)4-9(10)13/h2-4,7,15H,5-6H2,1H3,(H,14,16). The monoisotopic (exact) mass is 337 g/mol. The molecule has 0 radical (unpaired) electrons. The molecular weight excluding hydrogens is 326 g/mol. The summed E-state index contributed by atoms with van der Waals surface area (Å²) in [6, 6.07) is 5.27. The molecule has 6 heteroatoms. The fraction of sp³-hybridized carbons (Fsp3) is 0.364. The molecule has 1 rings (SSSR count). The van der Waals surface area contributed by atoms with Crippen LogP contribution in [0.3, 0.4) is 0 Å². The van der Waals surface area contributed by atoms with Gasteiger partial charge in [0.25, 0.3) is 0 Å². The smallest absolute Gasteiger partial charge is 0.234 e. The number of benzene rings is 1. The lowest BCUT2D eigenvalue weighted by atomic mass is 10.3. The van der Waals surface area contributed by atoms with Gasteiger partial charge in [-0.3, -0.25) is 4.79 Å². The van der Waals surface area contributed by atoms with Gasteiger partial charge in [0.05, 0.1) is 23.1 Å². The second-order valence-electron chi connectivity index (χ2n) is 3.48. The van der Waals surface area contributed by atoms with Gasteiger partial charge in [0.1, 0.15) is 0 Å². The van der Waals surface area contributed by atoms with E-state index in [1.807, 2.05) is 13.0 Å². The molecule has 0 saturated carbocycles. The molecular formula is C11H13BrClNO2S. The highest BCUT2D eigenvalue weighted by atomic mass is 79.9. The molecule has 0 aromatic heterocycles. The van der Waals surface area contributed by atoms with E-state index < -0.39 is 0 Å². The van der Waals surface area contributed by atoms with Gasteiger partial charge < -0.3 is 10.4 Å². The summed E-state index contributed by atoms with van der Waals surface area (Å²) in [5.41, 5.74) is 0.595. The molecule has 0 fully saturated rings. The van der Waals surface area contributed by atoms with Crippen molar-refractivity contribution >= 4 is 50.9 Å². The summed E-state index contributed by atoms with van der Waals surface area (Å²) in [7, 11) is 0. The zero-order chi connectivity index (χ0) is 12.8. The van der Waals surface area contributed by atoms with Crippen molar-refractivity contribution in [3.05, 3.63) is 27.7 Å². The topological polar surface area (TPSA) is 49.3 Å². The van der Waals surface area contributed by atoms with Crippen LogP contribution < -0.4 is 5.32 Å². The van der Waals surface area contributed by atoms with Gasteiger partial charge in [-0.2, -0.15) is 0 Å². The predicted molar refractivity (Wildman–Crippen MR) is 76.8 cm³/mol. The van der Waals surface area contributed by atoms with Crippen molar-refractivity contribution in [2.75, 3.05) is 17.7 Å². The minimum absolute atomic E-state index is 0.0566. The molecule has 0 aliphatic heterocycles. The summed E-state index contributed by atoms with van der Waals surface area (Å²) >= 11 is 10.7. The number of carbonyl (C=O) groups is 1. The van der Waals surface area contributed by atoms with Crippen molar-refractivity contribution in [1.29, 1.82) is 0 Å². The molecule has 1 aromatic rings. The first-order valence-corrected chi connectivity index (χ1v) is 7.22. The highest BCUT2D eigenvalue weighted by molar-refractivity contribution is 9.10. The van der Waals surface area contributed by atoms with Gasteiger partial charge in [-0.05, 0) is 18.2 Å². The largest absolute Gasteiger partial charge is 0.395 e. The van der Waals surface area contributed by atoms with E-state index in [1.165, 1.54) is 11.8 Å². The van der Waals surface area contributed by atoms with E-state index in [0.717, 1.165) is 4.47 Å². The van der Waals surface area contributed by atoms with Gasteiger partial charge in [0.15, 0.2) is 0 Å². The Labute approximate surface area is 118 Å². The zero-order valence-electron chi connectivity index (χ0n) is 9.24. The summed E-state index contributed by atoms with van der Waals surface area (Å²) in [6.07, 6.45) is 0. The molecule has 0 saturated heterocycles. The quantitative estimate of drug-likeness (QED) is 0.867. The van der Waals surface area contributed by atoms with Crippen molar-refractivity contribution < 1.29 is 9.90 Å². The van der Waals surface area contributed by atoms with E-state index in [4.69, 9.17) is 16.7 Å². The Morgan fingerprint density at radius 2 is 2.35 bits per heavy atom. The lowest BCUT2D eigenvalue weighted by Gasteiger charge is -2.09. The molecule has 1 unspecified atom stereocenters. The molecule has 17 heavy (non-hydrogen) atoms. The third-order valence-electron chi connectivity index (χ3n) is 1.96. The molecule has 1 amide bonds. The van der Waals surface area contributed by atoms with Crippen LogP contribution in [-0.2, 0) is 4.79 Å². The number of amides is 1. The lowest BCUT2D eigenvalue weighted by Crippen LogP contribution is -2.17. The van der Waals surface area contributed by atoms with Crippen LogP contribution in [0.5, 0.6) is 0 Å². The first-order chi connectivity index (χ1) is 8.02. The van der Waals surface area contributed by atoms with Crippen LogP contribution in [0.1, 0.15) is 6.92 Å². The normalized spacial score (nSPS) is 12.2. The third kappa shape index (κ3) is 5.29. The predicted octanol–water partition coefficient (Wildman–Crippen LogP) is 3.16. The second-order valence-corrected chi connectivity index (χ2v) is 6.23. The molecule has 0 aliphatic carbocycles. The van der Waals surface area contributed by atoms with Gasteiger partial charge in [0, 0.05) is 9.72 Å². The van der Waals surface area contributed by atoms with E-state index in [-0.39, 0.29) is 17.8 Å². The Morgan fingerprint density at radius 1 is 1.65 bits per heavy atom. The highest BCUT2D eigenvalue weighted by Gasteiger charge is 2.08. The maximum atomic E-state index is 11.6. The first-order valence-electron chi connectivity index (χ1n) is 5.00. The van der Waals surface area contributed by atoms with E-state index in [1.54, 1.807) is 12.1 Å². The van der Waals surface area contributed by atoms with Gasteiger partial charge >= 0.3 is 0 Å². The summed E-state index contributed by atoms with van der Waals surface area (Å²) in [4.78, 5) is 11.6. The summed E-state index contributed by atoms with van der Waals surface area (Å²) in [5.74, 6) is 0.174. The van der Waals surface area contributed by atoms with Crippen LogP contribution in [0.25, 0.3) is 0 Å². The van der Waals surface area contributed by atoms with Crippen LogP contribution >= 0.6 is 39.3 Å². The Hall–Kier alpha value is -0.230. The summed E-state index contributed by atoms with van der Waals surface area (Å²) in [5, 5.41) is 12.1. The third-order valence-corrected chi connectivity index (χ3v) is 3.91. The number of aliphatic hydroxyl groups excluding tert-OH is 1. The average Bonchev–Trinajstić information content (AvgIpc) is 2.29. The molecule has 2 N–H and O–H groups in total. The van der Waals surface area contributed by atoms with Crippen molar-refractivity contribution in [2.24, 2.45) is 0 Å². The van der Waals surface area contributed by atoms with E-state index in [9.17, 15) is 4.79 Å². The van der Waals surface area contributed by atoms with Crippen molar-refractivity contribution in [1.82, 2.24) is 0 Å². The fourth-order valence-electron chi connectivity index (χ4n) is 1.05. The number of aliphatic hydroxyl groups is 1. The molecule has 94 valence electrons. The van der Waals surface area contributed by atoms with Crippen LogP contribution in [0, 0.1) is 0 Å². The first kappa shape index (κ1) is 14.8. The van der Waals surface area contributed by atoms with Crippen molar-refractivity contribution in [3.63, 3.8) is 0 Å². The fourth-order valence-corrected chi connectivity index (χ4v) is 2.38. The molecule has 0 aliphatic rings. The molecule has 3 nitrogen and oxygen atoms in total. The van der Waals surface area contributed by atoms with Crippen LogP contribution in [0.15, 0.2) is 22.7 Å². The van der Waals surface area contributed by atoms with E-state index in [2.05, 4.69) is 21.2 Å². The van der Waals surface area contributed by atoms with Gasteiger partial charge in [-0.15, -0.1) is 11.8 Å². The Bertz CT molecular complexity index is 403. The van der Waals surface area contributed by atoms with Crippen LogP contribution in [0.2, 0.25) is 5.02 Å². The number of halogens is 2. The number of hydrogen-bond acceptors (Lipinski definition) is 3. The number of nitrogens with one attached hydrogen (secondary N) is 1. The summed E-state index contributed by atoms with van der Waals surface area (Å²) < 4.78 is 0.865. The maximum absolute atomic E-state index is 11.6. The average molecular weight is 339 g/mol. The minimum Gasteiger partial charge on any atom is -0.395 e. The number of hydrogen-bond donors (Lipinski definition) is 2. The highest BCUT2D eigenvalue weighted by Crippen LogP contribution is 2.25. The van der Waals surface area contributed by atoms with E-state index in [0.29, 0.717) is 16.5 Å². The maximum Gasteiger partial charge on any atom is 0.234 e. The number of thioether (sulfide) groups is 1. The van der Waals surface area contributed by atoms with Gasteiger partial charge in [-0.1, -0.05) is 34.5 Å². The molecule has 0 bridgehead atoms. The summed E-state index contributed by atoms with van der Waals surface area (Å²) in [6.45, 7) is 1.93. The number of rotatable bonds is 5. The number of carbonyl (C=O) groups excluding carboxylic acids is 1. The zero-order valence-corrected chi connectivity index (χ0v) is 12.4. The molecule has 0 heterocycles. The molecule has 1 atom stereocenters. The lowest BCUT2D eigenvalue weighted by molar-refractivity contribution is -0.113. The van der Waals surface area contributed by atoms with Crippen molar-refractivity contribution in [2.45, 2.75) is 12.2 Å². The molecule has 1 aromatic carbocycles. The SMILES string of the molecule is CC(CO)SCC(=O)Nc1ccc(Br)cc1Cl. The number of anilines is 1. The Morgan fingerprint density at radius 3 is 2.94 bits per heavy atom. The van der Waals surface area contributed by atoms with Crippen LogP contribution in [-0.4, -0.2) is 28.6 Å². The Kier molecular flexibility index (Phi) is 6.33. The van der Waals surface area contributed by atoms with Crippen molar-refractivity contribution in [3.8, 4) is 0 Å². The van der Waals surface area contributed by atoms with E-state index >= 15 is 0 Å². The van der Waals surface area contributed by atoms with Gasteiger partial charge in [-0.25, -0.2) is 0 Å². The second kappa shape index (κ2) is 7.26. The molecule has 0 spiro atoms.